The van der Waals surface area contributed by atoms with Crippen molar-refractivity contribution in [3.05, 3.63) is 60.6 Å². The van der Waals surface area contributed by atoms with Gasteiger partial charge in [-0.15, -0.1) is 5.10 Å². The second kappa shape index (κ2) is 8.36. The van der Waals surface area contributed by atoms with Crippen molar-refractivity contribution >= 4 is 11.7 Å². The smallest absolute Gasteiger partial charge is 0.253 e. The lowest BCUT2D eigenvalue weighted by Crippen LogP contribution is -2.50. The standard InChI is InChI=1S/C20H22N6O3/c1-15(16-5-3-2-4-6-16)29-17-7-10-21-18(13-17)23-19(27)20(8-11-28-12-9-20)26-14-22-24-25-26/h2-7,10,13-15H,8-9,11-12H2,1H3,(H,21,23,27). The van der Waals surface area contributed by atoms with Gasteiger partial charge in [-0.1, -0.05) is 30.3 Å². The third-order valence-electron chi connectivity index (χ3n) is 5.09. The topological polar surface area (TPSA) is 104 Å². The second-order valence-electron chi connectivity index (χ2n) is 6.90. The summed E-state index contributed by atoms with van der Waals surface area (Å²) in [6, 6.07) is 13.4. The van der Waals surface area contributed by atoms with E-state index in [1.165, 1.54) is 11.0 Å². The minimum Gasteiger partial charge on any atom is -0.486 e. The summed E-state index contributed by atoms with van der Waals surface area (Å²) in [5.41, 5.74) is 0.159. The van der Waals surface area contributed by atoms with Crippen molar-refractivity contribution in [2.45, 2.75) is 31.4 Å². The molecule has 3 aromatic rings. The van der Waals surface area contributed by atoms with Crippen molar-refractivity contribution in [3.63, 3.8) is 0 Å². The van der Waals surface area contributed by atoms with E-state index in [1.807, 2.05) is 37.3 Å². The van der Waals surface area contributed by atoms with E-state index in [-0.39, 0.29) is 12.0 Å². The fourth-order valence-electron chi connectivity index (χ4n) is 3.41. The molecule has 3 heterocycles. The Balaban J connectivity index is 1.50. The summed E-state index contributed by atoms with van der Waals surface area (Å²) >= 11 is 0. The number of carbonyl (C=O) groups excluding carboxylic acids is 1. The molecule has 0 radical (unpaired) electrons. The minimum absolute atomic E-state index is 0.134. The lowest BCUT2D eigenvalue weighted by Gasteiger charge is -2.34. The van der Waals surface area contributed by atoms with E-state index in [4.69, 9.17) is 9.47 Å². The van der Waals surface area contributed by atoms with E-state index in [2.05, 4.69) is 25.8 Å². The first-order valence-electron chi connectivity index (χ1n) is 9.48. The number of carbonyl (C=O) groups is 1. The molecule has 1 saturated heterocycles. The number of rotatable bonds is 6. The third-order valence-corrected chi connectivity index (χ3v) is 5.09. The van der Waals surface area contributed by atoms with Crippen LogP contribution in [0.25, 0.3) is 0 Å². The van der Waals surface area contributed by atoms with Gasteiger partial charge in [-0.3, -0.25) is 4.79 Å². The van der Waals surface area contributed by atoms with Crippen molar-refractivity contribution in [1.29, 1.82) is 0 Å². The Kier molecular flexibility index (Phi) is 5.48. The number of hydrogen-bond acceptors (Lipinski definition) is 7. The Morgan fingerprint density at radius 3 is 2.76 bits per heavy atom. The molecule has 1 N–H and O–H groups in total. The minimum atomic E-state index is -0.905. The lowest BCUT2D eigenvalue weighted by atomic mass is 9.89. The molecule has 1 unspecified atom stereocenters. The van der Waals surface area contributed by atoms with Crippen LogP contribution in [0.4, 0.5) is 5.82 Å². The summed E-state index contributed by atoms with van der Waals surface area (Å²) in [7, 11) is 0. The number of nitrogens with one attached hydrogen (secondary N) is 1. The second-order valence-corrected chi connectivity index (χ2v) is 6.90. The highest BCUT2D eigenvalue weighted by Gasteiger charge is 2.43. The number of benzene rings is 1. The van der Waals surface area contributed by atoms with Crippen molar-refractivity contribution < 1.29 is 14.3 Å². The number of aromatic nitrogens is 5. The van der Waals surface area contributed by atoms with Crippen LogP contribution in [0.2, 0.25) is 0 Å². The molecule has 0 saturated carbocycles. The van der Waals surface area contributed by atoms with E-state index in [0.29, 0.717) is 37.6 Å². The number of tetrazole rings is 1. The van der Waals surface area contributed by atoms with Crippen LogP contribution in [0.5, 0.6) is 5.75 Å². The summed E-state index contributed by atoms with van der Waals surface area (Å²) in [6.07, 6.45) is 3.89. The normalized spacial score (nSPS) is 16.7. The highest BCUT2D eigenvalue weighted by atomic mass is 16.5. The zero-order valence-electron chi connectivity index (χ0n) is 16.1. The molecule has 1 aromatic carbocycles. The van der Waals surface area contributed by atoms with Gasteiger partial charge < -0.3 is 14.8 Å². The van der Waals surface area contributed by atoms with Gasteiger partial charge in [-0.2, -0.15) is 0 Å². The molecule has 0 bridgehead atoms. The molecule has 4 rings (SSSR count). The Morgan fingerprint density at radius 2 is 2.03 bits per heavy atom. The fraction of sp³-hybridized carbons (Fsp3) is 0.350. The molecule has 1 aliphatic heterocycles. The van der Waals surface area contributed by atoms with Crippen LogP contribution < -0.4 is 10.1 Å². The molecule has 1 amide bonds. The predicted molar refractivity (Wildman–Crippen MR) is 104 cm³/mol. The average molecular weight is 394 g/mol. The van der Waals surface area contributed by atoms with Crippen LogP contribution in [-0.2, 0) is 15.1 Å². The van der Waals surface area contributed by atoms with Crippen LogP contribution in [0, 0.1) is 0 Å². The molecule has 1 atom stereocenters. The maximum absolute atomic E-state index is 13.2. The molecule has 150 valence electrons. The van der Waals surface area contributed by atoms with Crippen LogP contribution in [-0.4, -0.2) is 44.3 Å². The SMILES string of the molecule is CC(Oc1ccnc(NC(=O)C2(n3cnnn3)CCOCC2)c1)c1ccccc1. The van der Waals surface area contributed by atoms with Crippen LogP contribution in [0.15, 0.2) is 55.0 Å². The van der Waals surface area contributed by atoms with E-state index < -0.39 is 5.54 Å². The molecule has 1 aliphatic rings. The molecule has 0 aliphatic carbocycles. The molecular formula is C20H22N6O3. The predicted octanol–water partition coefficient (Wildman–Crippen LogP) is 2.35. The van der Waals surface area contributed by atoms with Crippen LogP contribution in [0.3, 0.4) is 0 Å². The first kappa shape index (κ1) is 19.0. The Labute approximate surface area is 168 Å². The number of ether oxygens (including phenoxy) is 2. The quantitative estimate of drug-likeness (QED) is 0.684. The van der Waals surface area contributed by atoms with Crippen molar-refractivity contribution in [1.82, 2.24) is 25.2 Å². The van der Waals surface area contributed by atoms with E-state index in [9.17, 15) is 4.79 Å². The molecular weight excluding hydrogens is 372 g/mol. The van der Waals surface area contributed by atoms with Gasteiger partial charge in [0.25, 0.3) is 5.91 Å². The molecule has 9 nitrogen and oxygen atoms in total. The number of nitrogens with zero attached hydrogens (tertiary/aromatic N) is 5. The van der Waals surface area contributed by atoms with E-state index >= 15 is 0 Å². The maximum Gasteiger partial charge on any atom is 0.253 e. The zero-order valence-corrected chi connectivity index (χ0v) is 16.1. The average Bonchev–Trinajstić information content (AvgIpc) is 3.30. The molecule has 1 fully saturated rings. The van der Waals surface area contributed by atoms with Gasteiger partial charge in [-0.05, 0) is 29.0 Å². The van der Waals surface area contributed by atoms with Crippen molar-refractivity contribution in [3.8, 4) is 5.75 Å². The Hall–Kier alpha value is -3.33. The Bertz CT molecular complexity index is 942. The van der Waals surface area contributed by atoms with Crippen LogP contribution in [0.1, 0.15) is 31.4 Å². The summed E-state index contributed by atoms with van der Waals surface area (Å²) in [6.45, 7) is 2.89. The summed E-state index contributed by atoms with van der Waals surface area (Å²) in [5.74, 6) is 0.802. The van der Waals surface area contributed by atoms with Gasteiger partial charge in [0.1, 0.15) is 29.5 Å². The third kappa shape index (κ3) is 4.09. The monoisotopic (exact) mass is 394 g/mol. The maximum atomic E-state index is 13.2. The zero-order chi connectivity index (χ0) is 20.1. The van der Waals surface area contributed by atoms with Gasteiger partial charge in [0.2, 0.25) is 0 Å². The Morgan fingerprint density at radius 1 is 1.24 bits per heavy atom. The number of amides is 1. The number of hydrogen-bond donors (Lipinski definition) is 1. The lowest BCUT2D eigenvalue weighted by molar-refractivity contribution is -0.130. The highest BCUT2D eigenvalue weighted by molar-refractivity contribution is 5.96. The first-order valence-corrected chi connectivity index (χ1v) is 9.48. The van der Waals surface area contributed by atoms with Gasteiger partial charge in [0, 0.05) is 38.3 Å². The van der Waals surface area contributed by atoms with E-state index in [0.717, 1.165) is 5.56 Å². The van der Waals surface area contributed by atoms with E-state index in [1.54, 1.807) is 18.3 Å². The first-order chi connectivity index (χ1) is 14.2. The molecule has 29 heavy (non-hydrogen) atoms. The summed E-state index contributed by atoms with van der Waals surface area (Å²) in [5, 5.41) is 14.2. The number of pyridine rings is 1. The van der Waals surface area contributed by atoms with Crippen molar-refractivity contribution in [2.24, 2.45) is 0 Å². The van der Waals surface area contributed by atoms with Gasteiger partial charge >= 0.3 is 0 Å². The highest BCUT2D eigenvalue weighted by Crippen LogP contribution is 2.30. The molecule has 2 aromatic heterocycles. The summed E-state index contributed by atoms with van der Waals surface area (Å²) in [4.78, 5) is 17.4. The largest absolute Gasteiger partial charge is 0.486 e. The van der Waals surface area contributed by atoms with Crippen molar-refractivity contribution in [2.75, 3.05) is 18.5 Å². The van der Waals surface area contributed by atoms with Gasteiger partial charge in [-0.25, -0.2) is 9.67 Å². The molecule has 0 spiro atoms. The number of anilines is 1. The van der Waals surface area contributed by atoms with Crippen LogP contribution >= 0.6 is 0 Å². The fourth-order valence-corrected chi connectivity index (χ4v) is 3.41. The van der Waals surface area contributed by atoms with Gasteiger partial charge in [0.15, 0.2) is 0 Å². The van der Waals surface area contributed by atoms with Gasteiger partial charge in [0.05, 0.1) is 0 Å². The summed E-state index contributed by atoms with van der Waals surface area (Å²) < 4.78 is 12.9. The molecule has 9 heteroatoms.